The van der Waals surface area contributed by atoms with Crippen molar-refractivity contribution in [3.05, 3.63) is 64.2 Å². The van der Waals surface area contributed by atoms with E-state index in [1.165, 1.54) is 11.1 Å². The minimum Gasteiger partial charge on any atom is -0.322 e. The maximum absolute atomic E-state index is 12.7. The van der Waals surface area contributed by atoms with Gasteiger partial charge >= 0.3 is 0 Å². The van der Waals surface area contributed by atoms with Crippen molar-refractivity contribution in [1.82, 2.24) is 4.90 Å². The number of Topliss-reactive ketones (excluding diaryl/α,β-unsaturated/α-hetero) is 1. The summed E-state index contributed by atoms with van der Waals surface area (Å²) in [7, 11) is 2.12. The number of ketones is 1. The summed E-state index contributed by atoms with van der Waals surface area (Å²) in [6.45, 7) is 7.64. The molecule has 0 radical (unpaired) electrons. The largest absolute Gasteiger partial charge is 0.322 e. The summed E-state index contributed by atoms with van der Waals surface area (Å²) in [5.74, 6) is 0.0405. The van der Waals surface area contributed by atoms with Gasteiger partial charge in [-0.15, -0.1) is 0 Å². The Kier molecular flexibility index (Phi) is 5.76. The fourth-order valence-electron chi connectivity index (χ4n) is 3.71. The summed E-state index contributed by atoms with van der Waals surface area (Å²) >= 11 is 0. The lowest BCUT2D eigenvalue weighted by Crippen LogP contribution is -2.17. The van der Waals surface area contributed by atoms with Crippen molar-refractivity contribution >= 4 is 17.4 Å². The number of aryl methyl sites for hydroxylation is 1. The number of nitrogens with one attached hydrogen (secondary N) is 1. The molecule has 4 nitrogen and oxygen atoms in total. The molecular weight excluding hydrogens is 336 g/mol. The fourth-order valence-corrected chi connectivity index (χ4v) is 3.71. The zero-order chi connectivity index (χ0) is 19.6. The normalized spacial score (nSPS) is 14.6. The van der Waals surface area contributed by atoms with Crippen molar-refractivity contribution in [1.29, 1.82) is 0 Å². The van der Waals surface area contributed by atoms with Crippen LogP contribution in [-0.4, -0.2) is 30.2 Å². The Morgan fingerprint density at radius 1 is 1.07 bits per heavy atom. The molecule has 1 heterocycles. The molecular formula is C23H28N2O2. The van der Waals surface area contributed by atoms with Crippen LogP contribution in [0, 0.1) is 0 Å². The van der Waals surface area contributed by atoms with E-state index in [0.29, 0.717) is 11.1 Å². The number of rotatable bonds is 4. The maximum atomic E-state index is 12.7. The molecule has 3 rings (SSSR count). The van der Waals surface area contributed by atoms with Crippen LogP contribution in [0.1, 0.15) is 70.5 Å². The summed E-state index contributed by atoms with van der Waals surface area (Å²) < 4.78 is 0. The fraction of sp³-hybridized carbons (Fsp3) is 0.391. The van der Waals surface area contributed by atoms with E-state index in [1.807, 2.05) is 26.0 Å². The van der Waals surface area contributed by atoms with Crippen LogP contribution in [0.4, 0.5) is 5.69 Å². The summed E-state index contributed by atoms with van der Waals surface area (Å²) in [6, 6.07) is 11.6. The van der Waals surface area contributed by atoms with Gasteiger partial charge in [0.2, 0.25) is 0 Å². The Morgan fingerprint density at radius 2 is 1.85 bits per heavy atom. The highest BCUT2D eigenvalue weighted by molar-refractivity contribution is 6.06. The van der Waals surface area contributed by atoms with Crippen molar-refractivity contribution in [3.8, 4) is 0 Å². The molecule has 4 heteroatoms. The number of anilines is 1. The molecule has 0 unspecified atom stereocenters. The SMILES string of the molecule is CC(=O)c1cc(C(=O)Nc2ccc3c(c2)CN(C)CCC3)ccc1C(C)C. The van der Waals surface area contributed by atoms with Gasteiger partial charge in [-0.3, -0.25) is 9.59 Å². The van der Waals surface area contributed by atoms with Gasteiger partial charge in [-0.2, -0.15) is 0 Å². The molecule has 0 bridgehead atoms. The van der Waals surface area contributed by atoms with Gasteiger partial charge < -0.3 is 10.2 Å². The average molecular weight is 364 g/mol. The lowest BCUT2D eigenvalue weighted by molar-refractivity contribution is 0.101. The van der Waals surface area contributed by atoms with Crippen molar-refractivity contribution in [2.24, 2.45) is 0 Å². The molecule has 2 aromatic rings. The van der Waals surface area contributed by atoms with Crippen LogP contribution in [0.2, 0.25) is 0 Å². The lowest BCUT2D eigenvalue weighted by atomic mass is 9.93. The minimum absolute atomic E-state index is 0.0126. The standard InChI is InChI=1S/C23H28N2O2/c1-15(2)21-10-8-18(13-22(21)16(3)26)23(27)24-20-9-7-17-6-5-11-25(4)14-19(17)12-20/h7-10,12-13,15H,5-6,11,14H2,1-4H3,(H,24,27). The first kappa shape index (κ1) is 19.3. The van der Waals surface area contributed by atoms with Crippen LogP contribution in [0.5, 0.6) is 0 Å². The van der Waals surface area contributed by atoms with Gasteiger partial charge in [-0.25, -0.2) is 0 Å². The van der Waals surface area contributed by atoms with E-state index < -0.39 is 0 Å². The molecule has 27 heavy (non-hydrogen) atoms. The monoisotopic (exact) mass is 364 g/mol. The number of benzene rings is 2. The first-order valence-corrected chi connectivity index (χ1v) is 9.61. The number of hydrogen-bond donors (Lipinski definition) is 1. The number of hydrogen-bond acceptors (Lipinski definition) is 3. The molecule has 2 aromatic carbocycles. The highest BCUT2D eigenvalue weighted by Gasteiger charge is 2.16. The maximum Gasteiger partial charge on any atom is 0.255 e. The molecule has 0 aliphatic carbocycles. The summed E-state index contributed by atoms with van der Waals surface area (Å²) in [5.41, 5.74) is 5.54. The predicted molar refractivity (Wildman–Crippen MR) is 110 cm³/mol. The quantitative estimate of drug-likeness (QED) is 0.804. The van der Waals surface area contributed by atoms with Crippen LogP contribution >= 0.6 is 0 Å². The molecule has 0 spiro atoms. The zero-order valence-corrected chi connectivity index (χ0v) is 16.6. The second kappa shape index (κ2) is 8.05. The van der Waals surface area contributed by atoms with Crippen LogP contribution in [0.15, 0.2) is 36.4 Å². The van der Waals surface area contributed by atoms with Crippen LogP contribution < -0.4 is 5.32 Å². The third-order valence-electron chi connectivity index (χ3n) is 5.21. The van der Waals surface area contributed by atoms with E-state index in [0.717, 1.165) is 37.2 Å². The Morgan fingerprint density at radius 3 is 2.56 bits per heavy atom. The van der Waals surface area contributed by atoms with Gasteiger partial charge in [0.15, 0.2) is 5.78 Å². The molecule has 0 saturated heterocycles. The van der Waals surface area contributed by atoms with E-state index in [9.17, 15) is 9.59 Å². The number of amides is 1. The topological polar surface area (TPSA) is 49.4 Å². The summed E-state index contributed by atoms with van der Waals surface area (Å²) in [4.78, 5) is 27.0. The highest BCUT2D eigenvalue weighted by Crippen LogP contribution is 2.24. The Hall–Kier alpha value is -2.46. The molecule has 1 aliphatic heterocycles. The second-order valence-electron chi connectivity index (χ2n) is 7.79. The number of fused-ring (bicyclic) bond motifs is 1. The van der Waals surface area contributed by atoms with Crippen LogP contribution in [-0.2, 0) is 13.0 Å². The number of carbonyl (C=O) groups is 2. The number of nitrogens with zero attached hydrogens (tertiary/aromatic N) is 1. The molecule has 1 N–H and O–H groups in total. The second-order valence-corrected chi connectivity index (χ2v) is 7.79. The first-order valence-electron chi connectivity index (χ1n) is 9.61. The molecule has 0 fully saturated rings. The average Bonchev–Trinajstić information content (AvgIpc) is 2.81. The minimum atomic E-state index is -0.185. The van der Waals surface area contributed by atoms with Crippen LogP contribution in [0.3, 0.4) is 0 Å². The molecule has 0 aromatic heterocycles. The van der Waals surface area contributed by atoms with E-state index in [2.05, 4.69) is 29.4 Å². The molecule has 1 aliphatic rings. The first-order chi connectivity index (χ1) is 12.8. The Labute approximate surface area is 161 Å². The van der Waals surface area contributed by atoms with Gasteiger partial charge in [-0.05, 0) is 80.2 Å². The van der Waals surface area contributed by atoms with E-state index in [-0.39, 0.29) is 17.6 Å². The smallest absolute Gasteiger partial charge is 0.255 e. The van der Waals surface area contributed by atoms with E-state index in [4.69, 9.17) is 0 Å². The summed E-state index contributed by atoms with van der Waals surface area (Å²) in [5, 5.41) is 2.99. The predicted octanol–water partition coefficient (Wildman–Crippen LogP) is 4.64. The van der Waals surface area contributed by atoms with Gasteiger partial charge in [-0.1, -0.05) is 26.0 Å². The Balaban J connectivity index is 1.83. The van der Waals surface area contributed by atoms with Crippen molar-refractivity contribution in [3.63, 3.8) is 0 Å². The lowest BCUT2D eigenvalue weighted by Gasteiger charge is -2.15. The van der Waals surface area contributed by atoms with E-state index >= 15 is 0 Å². The third-order valence-corrected chi connectivity index (χ3v) is 5.21. The van der Waals surface area contributed by atoms with Gasteiger partial charge in [0.25, 0.3) is 5.91 Å². The Bertz CT molecular complexity index is 871. The van der Waals surface area contributed by atoms with Gasteiger partial charge in [0, 0.05) is 23.4 Å². The highest BCUT2D eigenvalue weighted by atomic mass is 16.1. The molecule has 1 amide bonds. The third kappa shape index (κ3) is 4.45. The molecule has 0 atom stereocenters. The van der Waals surface area contributed by atoms with Crippen LogP contribution in [0.25, 0.3) is 0 Å². The van der Waals surface area contributed by atoms with Crippen molar-refractivity contribution < 1.29 is 9.59 Å². The summed E-state index contributed by atoms with van der Waals surface area (Å²) in [6.07, 6.45) is 2.23. The number of carbonyl (C=O) groups excluding carboxylic acids is 2. The molecule has 142 valence electrons. The van der Waals surface area contributed by atoms with Crippen molar-refractivity contribution in [2.45, 2.75) is 46.1 Å². The van der Waals surface area contributed by atoms with Gasteiger partial charge in [0.1, 0.15) is 0 Å². The zero-order valence-electron chi connectivity index (χ0n) is 16.6. The molecule has 0 saturated carbocycles. The van der Waals surface area contributed by atoms with Crippen molar-refractivity contribution in [2.75, 3.05) is 18.9 Å². The van der Waals surface area contributed by atoms with E-state index in [1.54, 1.807) is 19.1 Å². The van der Waals surface area contributed by atoms with Gasteiger partial charge in [0.05, 0.1) is 0 Å².